The normalized spacial score (nSPS) is 21.4. The van der Waals surface area contributed by atoms with Crippen molar-refractivity contribution < 1.29 is 19.1 Å². The average molecular weight is 251 g/mol. The van der Waals surface area contributed by atoms with Gasteiger partial charge in [0.2, 0.25) is 6.41 Å². The van der Waals surface area contributed by atoms with E-state index in [1.54, 1.807) is 13.0 Å². The summed E-state index contributed by atoms with van der Waals surface area (Å²) in [6, 6.07) is 4.38. The molecule has 0 bridgehead atoms. The molecule has 1 N–H and O–H groups in total. The number of fused-ring (bicyclic) bond motifs is 1. The first-order chi connectivity index (χ1) is 8.57. The van der Waals surface area contributed by atoms with Gasteiger partial charge in [-0.05, 0) is 37.0 Å². The van der Waals surface area contributed by atoms with Crippen molar-refractivity contribution in [2.24, 2.45) is 0 Å². The summed E-state index contributed by atoms with van der Waals surface area (Å²) < 4.78 is 13.7. The Bertz CT molecular complexity index is 503. The Labute approximate surface area is 104 Å². The van der Waals surface area contributed by atoms with Crippen molar-refractivity contribution in [3.63, 3.8) is 0 Å². The van der Waals surface area contributed by atoms with Gasteiger partial charge in [0, 0.05) is 6.54 Å². The zero-order valence-corrected chi connectivity index (χ0v) is 10.0. The number of rotatable bonds is 4. The smallest absolute Gasteiger partial charge is 0.334 e. The molecule has 0 aliphatic heterocycles. The van der Waals surface area contributed by atoms with Crippen LogP contribution in [-0.2, 0) is 21.5 Å². The van der Waals surface area contributed by atoms with Gasteiger partial charge < -0.3 is 10.0 Å². The fourth-order valence-electron chi connectivity index (χ4n) is 2.72. The van der Waals surface area contributed by atoms with Gasteiger partial charge in [0.1, 0.15) is 5.82 Å². The van der Waals surface area contributed by atoms with Crippen molar-refractivity contribution in [2.45, 2.75) is 25.3 Å². The Morgan fingerprint density at radius 3 is 2.89 bits per heavy atom. The minimum absolute atomic E-state index is 0.213. The molecule has 1 aliphatic rings. The molecule has 0 fully saturated rings. The molecule has 4 nitrogen and oxygen atoms in total. The average Bonchev–Trinajstić information content (AvgIpc) is 2.73. The third kappa shape index (κ3) is 1.50. The molecule has 5 heteroatoms. The van der Waals surface area contributed by atoms with Crippen LogP contribution in [0.4, 0.5) is 4.39 Å². The van der Waals surface area contributed by atoms with Crippen LogP contribution in [0.1, 0.15) is 24.5 Å². The summed E-state index contributed by atoms with van der Waals surface area (Å²) in [5, 5.41) is 9.51. The first-order valence-corrected chi connectivity index (χ1v) is 5.81. The molecule has 1 atom stereocenters. The molecule has 0 saturated heterocycles. The summed E-state index contributed by atoms with van der Waals surface area (Å²) >= 11 is 0. The second kappa shape index (κ2) is 4.40. The summed E-state index contributed by atoms with van der Waals surface area (Å²) in [7, 11) is 0. The van der Waals surface area contributed by atoms with Gasteiger partial charge in [0.05, 0.1) is 0 Å². The largest absolute Gasteiger partial charge is 0.479 e. The van der Waals surface area contributed by atoms with E-state index in [1.165, 1.54) is 17.0 Å². The van der Waals surface area contributed by atoms with Gasteiger partial charge in [0.25, 0.3) is 0 Å². The number of nitrogens with zero attached hydrogens (tertiary/aromatic N) is 1. The van der Waals surface area contributed by atoms with Crippen LogP contribution in [-0.4, -0.2) is 28.9 Å². The van der Waals surface area contributed by atoms with Gasteiger partial charge in [-0.25, -0.2) is 9.18 Å². The Kier molecular flexibility index (Phi) is 3.07. The second-order valence-electron chi connectivity index (χ2n) is 4.32. The van der Waals surface area contributed by atoms with Crippen molar-refractivity contribution in [3.8, 4) is 0 Å². The Morgan fingerprint density at radius 2 is 2.33 bits per heavy atom. The molecule has 1 aromatic rings. The van der Waals surface area contributed by atoms with E-state index in [2.05, 4.69) is 0 Å². The first kappa shape index (κ1) is 12.5. The first-order valence-electron chi connectivity index (χ1n) is 5.81. The SMILES string of the molecule is CCN(C=O)C1(C(=O)O)CCc2c(F)cccc21. The maximum Gasteiger partial charge on any atom is 0.334 e. The van der Waals surface area contributed by atoms with E-state index in [-0.39, 0.29) is 13.0 Å². The zero-order valence-electron chi connectivity index (χ0n) is 10.0. The number of carbonyl (C=O) groups excluding carboxylic acids is 1. The highest BCUT2D eigenvalue weighted by Gasteiger charge is 2.50. The van der Waals surface area contributed by atoms with Crippen molar-refractivity contribution >= 4 is 12.4 Å². The maximum absolute atomic E-state index is 13.7. The van der Waals surface area contributed by atoms with Crippen LogP contribution in [0.15, 0.2) is 18.2 Å². The number of carboxylic acid groups (broad SMARTS) is 1. The van der Waals surface area contributed by atoms with Gasteiger partial charge in [-0.3, -0.25) is 4.79 Å². The molecule has 1 amide bonds. The molecule has 96 valence electrons. The lowest BCUT2D eigenvalue weighted by molar-refractivity contribution is -0.156. The monoisotopic (exact) mass is 251 g/mol. The van der Waals surface area contributed by atoms with E-state index >= 15 is 0 Å². The number of benzene rings is 1. The molecule has 1 aliphatic carbocycles. The number of carbonyl (C=O) groups is 2. The van der Waals surface area contributed by atoms with Crippen LogP contribution in [0.25, 0.3) is 0 Å². The molecule has 0 saturated carbocycles. The molecule has 0 heterocycles. The summed E-state index contributed by atoms with van der Waals surface area (Å²) in [6.45, 7) is 1.97. The predicted octanol–water partition coefficient (Wildman–Crippen LogP) is 1.53. The summed E-state index contributed by atoms with van der Waals surface area (Å²) in [5.74, 6) is -1.52. The van der Waals surface area contributed by atoms with E-state index in [9.17, 15) is 19.1 Å². The third-order valence-corrected chi connectivity index (χ3v) is 3.61. The van der Waals surface area contributed by atoms with E-state index in [0.29, 0.717) is 24.0 Å². The van der Waals surface area contributed by atoms with Gasteiger partial charge in [0.15, 0.2) is 5.54 Å². The number of hydrogen-bond acceptors (Lipinski definition) is 2. The van der Waals surface area contributed by atoms with Crippen LogP contribution in [0.3, 0.4) is 0 Å². The van der Waals surface area contributed by atoms with Crippen LogP contribution < -0.4 is 0 Å². The Hall–Kier alpha value is -1.91. The molecule has 0 spiro atoms. The lowest BCUT2D eigenvalue weighted by atomic mass is 9.90. The van der Waals surface area contributed by atoms with E-state index in [4.69, 9.17) is 0 Å². The molecule has 2 rings (SSSR count). The summed E-state index contributed by atoms with van der Waals surface area (Å²) in [6.07, 6.45) is 1.07. The van der Waals surface area contributed by atoms with E-state index in [1.807, 2.05) is 0 Å². The number of amides is 1. The van der Waals surface area contributed by atoms with Gasteiger partial charge in [-0.1, -0.05) is 12.1 Å². The molecule has 0 radical (unpaired) electrons. The highest BCUT2D eigenvalue weighted by atomic mass is 19.1. The van der Waals surface area contributed by atoms with Crippen molar-refractivity contribution in [1.82, 2.24) is 4.90 Å². The second-order valence-corrected chi connectivity index (χ2v) is 4.32. The highest BCUT2D eigenvalue weighted by Crippen LogP contribution is 2.42. The maximum atomic E-state index is 13.7. The van der Waals surface area contributed by atoms with Gasteiger partial charge >= 0.3 is 5.97 Å². The molecule has 1 aromatic carbocycles. The molecule has 18 heavy (non-hydrogen) atoms. The standard InChI is InChI=1S/C13H14FNO3/c1-2-15(8-16)13(12(17)18)7-6-9-10(13)4-3-5-11(9)14/h3-5,8H,2,6-7H2,1H3,(H,17,18). The Morgan fingerprint density at radius 1 is 1.61 bits per heavy atom. The van der Waals surface area contributed by atoms with Crippen LogP contribution in [0, 0.1) is 5.82 Å². The summed E-state index contributed by atoms with van der Waals surface area (Å²) in [5.41, 5.74) is -0.627. The Balaban J connectivity index is 2.64. The van der Waals surface area contributed by atoms with E-state index < -0.39 is 17.3 Å². The number of aliphatic carboxylic acids is 1. The third-order valence-electron chi connectivity index (χ3n) is 3.61. The van der Waals surface area contributed by atoms with Gasteiger partial charge in [-0.15, -0.1) is 0 Å². The van der Waals surface area contributed by atoms with Crippen molar-refractivity contribution in [2.75, 3.05) is 6.54 Å². The van der Waals surface area contributed by atoms with Crippen LogP contribution >= 0.6 is 0 Å². The predicted molar refractivity (Wildman–Crippen MR) is 62.5 cm³/mol. The number of hydrogen-bond donors (Lipinski definition) is 1. The highest BCUT2D eigenvalue weighted by molar-refractivity contribution is 5.85. The molecule has 0 aromatic heterocycles. The molecular weight excluding hydrogens is 237 g/mol. The van der Waals surface area contributed by atoms with Crippen LogP contribution in [0.5, 0.6) is 0 Å². The molecule has 1 unspecified atom stereocenters. The van der Waals surface area contributed by atoms with Crippen molar-refractivity contribution in [3.05, 3.63) is 35.1 Å². The fourth-order valence-corrected chi connectivity index (χ4v) is 2.72. The van der Waals surface area contributed by atoms with Gasteiger partial charge in [-0.2, -0.15) is 0 Å². The number of carboxylic acids is 1. The minimum atomic E-state index is -1.42. The minimum Gasteiger partial charge on any atom is -0.479 e. The van der Waals surface area contributed by atoms with Crippen molar-refractivity contribution in [1.29, 1.82) is 0 Å². The van der Waals surface area contributed by atoms with Crippen LogP contribution in [0.2, 0.25) is 0 Å². The number of halogens is 1. The lowest BCUT2D eigenvalue weighted by Crippen LogP contribution is -2.50. The topological polar surface area (TPSA) is 57.6 Å². The zero-order chi connectivity index (χ0) is 13.3. The number of likely N-dealkylation sites (N-methyl/N-ethyl adjacent to an activating group) is 1. The quantitative estimate of drug-likeness (QED) is 0.826. The fraction of sp³-hybridized carbons (Fsp3) is 0.385. The lowest BCUT2D eigenvalue weighted by Gasteiger charge is -2.35. The summed E-state index contributed by atoms with van der Waals surface area (Å²) in [4.78, 5) is 24.0. The molecular formula is C13H14FNO3. The van der Waals surface area contributed by atoms with E-state index in [0.717, 1.165) is 0 Å².